The molecule has 19 heavy (non-hydrogen) atoms. The molecule has 0 radical (unpaired) electrons. The van der Waals surface area contributed by atoms with Crippen molar-refractivity contribution in [3.8, 4) is 0 Å². The molecule has 1 N–H and O–H groups in total. The maximum atomic E-state index is 11.8. The molecule has 0 aliphatic rings. The van der Waals surface area contributed by atoms with Crippen LogP contribution in [0.15, 0.2) is 12.4 Å². The maximum absolute atomic E-state index is 11.8. The van der Waals surface area contributed by atoms with Gasteiger partial charge in [0.15, 0.2) is 5.65 Å². The Balaban J connectivity index is 1.92. The average molecular weight is 263 g/mol. The van der Waals surface area contributed by atoms with Gasteiger partial charge in [-0.05, 0) is 24.3 Å². The van der Waals surface area contributed by atoms with Crippen LogP contribution in [0.1, 0.15) is 20.3 Å². The van der Waals surface area contributed by atoms with Crippen LogP contribution in [0, 0.1) is 0 Å². The van der Waals surface area contributed by atoms with Crippen molar-refractivity contribution in [1.29, 1.82) is 0 Å². The summed E-state index contributed by atoms with van der Waals surface area (Å²) in [5, 5.41) is 14.3. The predicted molar refractivity (Wildman–Crippen MR) is 69.6 cm³/mol. The molecule has 0 unspecified atom stereocenters. The molecule has 0 atom stereocenters. The third-order valence-electron chi connectivity index (χ3n) is 2.87. The SMILES string of the molecule is CCN(CC)C(=O)CCNc1cncc2nnnn12. The van der Waals surface area contributed by atoms with Crippen LogP contribution in [-0.2, 0) is 4.79 Å². The van der Waals surface area contributed by atoms with E-state index in [1.807, 2.05) is 13.8 Å². The van der Waals surface area contributed by atoms with Crippen LogP contribution >= 0.6 is 0 Å². The van der Waals surface area contributed by atoms with E-state index in [0.717, 1.165) is 13.1 Å². The van der Waals surface area contributed by atoms with E-state index < -0.39 is 0 Å². The summed E-state index contributed by atoms with van der Waals surface area (Å²) >= 11 is 0. The number of nitrogens with one attached hydrogen (secondary N) is 1. The van der Waals surface area contributed by atoms with Crippen molar-refractivity contribution >= 4 is 17.4 Å². The smallest absolute Gasteiger partial charge is 0.224 e. The normalized spacial score (nSPS) is 10.6. The number of carbonyl (C=O) groups excluding carboxylic acids is 1. The molecule has 0 aromatic carbocycles. The van der Waals surface area contributed by atoms with E-state index in [9.17, 15) is 4.79 Å². The van der Waals surface area contributed by atoms with Crippen LogP contribution in [0.25, 0.3) is 5.65 Å². The number of hydrogen-bond donors (Lipinski definition) is 1. The molecule has 0 aliphatic heterocycles. The van der Waals surface area contributed by atoms with Gasteiger partial charge >= 0.3 is 0 Å². The van der Waals surface area contributed by atoms with E-state index in [0.29, 0.717) is 24.4 Å². The summed E-state index contributed by atoms with van der Waals surface area (Å²) in [4.78, 5) is 17.7. The van der Waals surface area contributed by atoms with Crippen LogP contribution in [0.5, 0.6) is 0 Å². The van der Waals surface area contributed by atoms with E-state index in [4.69, 9.17) is 0 Å². The number of hydrogen-bond acceptors (Lipinski definition) is 6. The zero-order chi connectivity index (χ0) is 13.7. The molecule has 0 fully saturated rings. The molecular formula is C11H17N7O. The quantitative estimate of drug-likeness (QED) is 0.800. The molecule has 8 heteroatoms. The molecule has 0 saturated carbocycles. The second kappa shape index (κ2) is 6.07. The molecule has 0 aliphatic carbocycles. The lowest BCUT2D eigenvalue weighted by molar-refractivity contribution is -0.130. The Kier molecular flexibility index (Phi) is 4.22. The van der Waals surface area contributed by atoms with Gasteiger partial charge in [0.2, 0.25) is 5.91 Å². The van der Waals surface area contributed by atoms with Gasteiger partial charge in [-0.2, -0.15) is 4.52 Å². The molecule has 2 aromatic rings. The zero-order valence-corrected chi connectivity index (χ0v) is 11.1. The molecule has 1 amide bonds. The largest absolute Gasteiger partial charge is 0.368 e. The third kappa shape index (κ3) is 2.95. The number of amides is 1. The van der Waals surface area contributed by atoms with Crippen LogP contribution in [0.3, 0.4) is 0 Å². The summed E-state index contributed by atoms with van der Waals surface area (Å²) in [7, 11) is 0. The summed E-state index contributed by atoms with van der Waals surface area (Å²) in [6.07, 6.45) is 3.64. The molecule has 2 heterocycles. The number of tetrazole rings is 1. The number of rotatable bonds is 6. The number of carbonyl (C=O) groups is 1. The van der Waals surface area contributed by atoms with Crippen molar-refractivity contribution in [2.24, 2.45) is 0 Å². The number of anilines is 1. The highest BCUT2D eigenvalue weighted by Gasteiger charge is 2.09. The third-order valence-corrected chi connectivity index (χ3v) is 2.87. The van der Waals surface area contributed by atoms with Crippen molar-refractivity contribution in [2.75, 3.05) is 25.0 Å². The highest BCUT2D eigenvalue weighted by molar-refractivity contribution is 5.76. The van der Waals surface area contributed by atoms with Gasteiger partial charge in [0.1, 0.15) is 5.82 Å². The Morgan fingerprint density at radius 2 is 2.16 bits per heavy atom. The van der Waals surface area contributed by atoms with E-state index in [2.05, 4.69) is 25.8 Å². The summed E-state index contributed by atoms with van der Waals surface area (Å²) in [5.41, 5.74) is 0.570. The van der Waals surface area contributed by atoms with E-state index in [1.165, 1.54) is 0 Å². The molecular weight excluding hydrogens is 246 g/mol. The molecule has 0 bridgehead atoms. The van der Waals surface area contributed by atoms with Gasteiger partial charge in [-0.15, -0.1) is 5.10 Å². The lowest BCUT2D eigenvalue weighted by Gasteiger charge is -2.18. The first kappa shape index (κ1) is 13.2. The lowest BCUT2D eigenvalue weighted by Crippen LogP contribution is -2.31. The minimum Gasteiger partial charge on any atom is -0.368 e. The summed E-state index contributed by atoms with van der Waals surface area (Å²) < 4.78 is 1.55. The van der Waals surface area contributed by atoms with E-state index in [-0.39, 0.29) is 5.91 Å². The van der Waals surface area contributed by atoms with E-state index >= 15 is 0 Å². The molecule has 8 nitrogen and oxygen atoms in total. The van der Waals surface area contributed by atoms with Crippen molar-refractivity contribution in [3.63, 3.8) is 0 Å². The molecule has 2 rings (SSSR count). The van der Waals surface area contributed by atoms with Crippen LogP contribution in [0.4, 0.5) is 5.82 Å². The minimum atomic E-state index is 0.134. The van der Waals surface area contributed by atoms with Crippen molar-refractivity contribution in [2.45, 2.75) is 20.3 Å². The molecule has 0 spiro atoms. The Labute approximate surface area is 110 Å². The fraction of sp³-hybridized carbons (Fsp3) is 0.545. The molecule has 102 valence electrons. The summed E-state index contributed by atoms with van der Waals surface area (Å²) in [6.45, 7) is 5.94. The monoisotopic (exact) mass is 263 g/mol. The average Bonchev–Trinajstić information content (AvgIpc) is 2.89. The van der Waals surface area contributed by atoms with E-state index in [1.54, 1.807) is 21.8 Å². The summed E-state index contributed by atoms with van der Waals surface area (Å²) in [5.74, 6) is 0.809. The fourth-order valence-electron chi connectivity index (χ4n) is 1.83. The Morgan fingerprint density at radius 1 is 1.37 bits per heavy atom. The second-order valence-corrected chi connectivity index (χ2v) is 3.98. The van der Waals surface area contributed by atoms with Gasteiger partial charge in [-0.3, -0.25) is 9.78 Å². The second-order valence-electron chi connectivity index (χ2n) is 3.98. The number of nitrogens with zero attached hydrogens (tertiary/aromatic N) is 6. The topological polar surface area (TPSA) is 88.3 Å². The first-order valence-corrected chi connectivity index (χ1v) is 6.30. The predicted octanol–water partition coefficient (Wildman–Crippen LogP) is 0.190. The maximum Gasteiger partial charge on any atom is 0.224 e. The summed E-state index contributed by atoms with van der Waals surface area (Å²) in [6, 6.07) is 0. The highest BCUT2D eigenvalue weighted by atomic mass is 16.2. The van der Waals surface area contributed by atoms with Gasteiger partial charge in [0.05, 0.1) is 12.4 Å². The first-order valence-electron chi connectivity index (χ1n) is 6.30. The zero-order valence-electron chi connectivity index (χ0n) is 11.1. The van der Waals surface area contributed by atoms with Crippen LogP contribution < -0.4 is 5.32 Å². The first-order chi connectivity index (χ1) is 9.26. The number of aromatic nitrogens is 5. The standard InChI is InChI=1S/C11H17N7O/c1-3-17(4-2)11(19)5-6-13-9-7-12-8-10-14-15-16-18(9)10/h7-8,13H,3-6H2,1-2H3. The van der Waals surface area contributed by atoms with Crippen molar-refractivity contribution < 1.29 is 4.79 Å². The van der Waals surface area contributed by atoms with Crippen LogP contribution in [0.2, 0.25) is 0 Å². The van der Waals surface area contributed by atoms with Crippen LogP contribution in [-0.4, -0.2) is 55.5 Å². The van der Waals surface area contributed by atoms with Crippen molar-refractivity contribution in [1.82, 2.24) is 29.9 Å². The molecule has 2 aromatic heterocycles. The number of fused-ring (bicyclic) bond motifs is 1. The minimum absolute atomic E-state index is 0.134. The van der Waals surface area contributed by atoms with Gasteiger partial charge < -0.3 is 10.2 Å². The van der Waals surface area contributed by atoms with Crippen molar-refractivity contribution in [3.05, 3.63) is 12.4 Å². The Bertz CT molecular complexity index is 549. The Morgan fingerprint density at radius 3 is 2.89 bits per heavy atom. The fourth-order valence-corrected chi connectivity index (χ4v) is 1.83. The van der Waals surface area contributed by atoms with Gasteiger partial charge in [0, 0.05) is 26.1 Å². The Hall–Kier alpha value is -2.25. The highest BCUT2D eigenvalue weighted by Crippen LogP contribution is 2.05. The van der Waals surface area contributed by atoms with Gasteiger partial charge in [-0.25, -0.2) is 0 Å². The molecule has 0 saturated heterocycles. The van der Waals surface area contributed by atoms with Gasteiger partial charge in [0.25, 0.3) is 0 Å². The lowest BCUT2D eigenvalue weighted by atomic mass is 10.3. The van der Waals surface area contributed by atoms with Gasteiger partial charge in [-0.1, -0.05) is 0 Å².